The molecule has 0 aromatic heterocycles. The Bertz CT molecular complexity index is 1040. The van der Waals surface area contributed by atoms with Crippen LogP contribution in [0.4, 0.5) is 5.69 Å². The molecule has 1 amide bonds. The summed E-state index contributed by atoms with van der Waals surface area (Å²) in [6.45, 7) is 2.16. The minimum Gasteiger partial charge on any atom is -0.495 e. The smallest absolute Gasteiger partial charge is 0.243 e. The molecule has 162 valence electrons. The van der Waals surface area contributed by atoms with E-state index < -0.39 is 16.1 Å². The molecule has 1 heterocycles. The van der Waals surface area contributed by atoms with Crippen LogP contribution in [0.5, 0.6) is 17.2 Å². The first kappa shape index (κ1) is 21.9. The highest BCUT2D eigenvalue weighted by Gasteiger charge is 2.40. The fourth-order valence-electron chi connectivity index (χ4n) is 3.54. The van der Waals surface area contributed by atoms with Crippen molar-refractivity contribution < 1.29 is 27.4 Å². The van der Waals surface area contributed by atoms with Crippen molar-refractivity contribution in [1.82, 2.24) is 4.31 Å². The third kappa shape index (κ3) is 4.22. The van der Waals surface area contributed by atoms with Crippen LogP contribution in [0.2, 0.25) is 0 Å². The van der Waals surface area contributed by atoms with E-state index in [1.54, 1.807) is 12.1 Å². The highest BCUT2D eigenvalue weighted by Crippen LogP contribution is 2.34. The van der Waals surface area contributed by atoms with Gasteiger partial charge in [0, 0.05) is 12.6 Å². The summed E-state index contributed by atoms with van der Waals surface area (Å²) >= 11 is 0. The van der Waals surface area contributed by atoms with Gasteiger partial charge >= 0.3 is 0 Å². The summed E-state index contributed by atoms with van der Waals surface area (Å²) in [5.41, 5.74) is 1.46. The lowest BCUT2D eigenvalue weighted by molar-refractivity contribution is -0.119. The summed E-state index contributed by atoms with van der Waals surface area (Å²) in [5, 5.41) is 2.82. The van der Waals surface area contributed by atoms with E-state index in [2.05, 4.69) is 5.32 Å². The Balaban J connectivity index is 1.88. The third-order valence-electron chi connectivity index (χ3n) is 5.08. The zero-order valence-corrected chi connectivity index (χ0v) is 18.3. The molecule has 1 atom stereocenters. The zero-order chi connectivity index (χ0) is 21.9. The predicted molar refractivity (Wildman–Crippen MR) is 113 cm³/mol. The number of nitrogens with one attached hydrogen (secondary N) is 1. The molecule has 2 aromatic rings. The monoisotopic (exact) mass is 434 g/mol. The van der Waals surface area contributed by atoms with Crippen molar-refractivity contribution in [3.8, 4) is 17.2 Å². The first-order valence-electron chi connectivity index (χ1n) is 9.51. The number of sulfonamides is 1. The van der Waals surface area contributed by atoms with Crippen LogP contribution >= 0.6 is 0 Å². The summed E-state index contributed by atoms with van der Waals surface area (Å²) in [6.07, 6.45) is 1.03. The second kappa shape index (κ2) is 8.93. The maximum Gasteiger partial charge on any atom is 0.243 e. The molecule has 9 heteroatoms. The van der Waals surface area contributed by atoms with Gasteiger partial charge in [-0.15, -0.1) is 0 Å². The lowest BCUT2D eigenvalue weighted by atomic mass is 10.1. The van der Waals surface area contributed by atoms with Crippen molar-refractivity contribution >= 4 is 21.6 Å². The molecule has 3 rings (SSSR count). The number of amides is 1. The molecular weight excluding hydrogens is 408 g/mol. The number of anilines is 1. The Labute approximate surface area is 176 Å². The molecule has 30 heavy (non-hydrogen) atoms. The van der Waals surface area contributed by atoms with E-state index in [4.69, 9.17) is 14.2 Å². The largest absolute Gasteiger partial charge is 0.495 e. The van der Waals surface area contributed by atoms with Crippen LogP contribution in [0, 0.1) is 6.92 Å². The summed E-state index contributed by atoms with van der Waals surface area (Å²) in [6, 6.07) is 9.01. The first-order chi connectivity index (χ1) is 14.3. The second-order valence-electron chi connectivity index (χ2n) is 6.98. The molecule has 0 radical (unpaired) electrons. The summed E-state index contributed by atoms with van der Waals surface area (Å²) in [5.74, 6) is 0.865. The predicted octanol–water partition coefficient (Wildman–Crippen LogP) is 2.81. The summed E-state index contributed by atoms with van der Waals surface area (Å²) in [4.78, 5) is 13.0. The molecule has 1 saturated heterocycles. The second-order valence-corrected chi connectivity index (χ2v) is 8.87. The van der Waals surface area contributed by atoms with Crippen molar-refractivity contribution in [2.45, 2.75) is 30.7 Å². The van der Waals surface area contributed by atoms with E-state index >= 15 is 0 Å². The average Bonchev–Trinajstić information content (AvgIpc) is 3.24. The number of carbonyl (C=O) groups excluding carboxylic acids is 1. The Morgan fingerprint density at radius 1 is 1.00 bits per heavy atom. The van der Waals surface area contributed by atoms with Gasteiger partial charge in [-0.2, -0.15) is 4.31 Å². The van der Waals surface area contributed by atoms with Gasteiger partial charge in [-0.25, -0.2) is 8.42 Å². The number of hydrogen-bond donors (Lipinski definition) is 1. The fourth-order valence-corrected chi connectivity index (χ4v) is 5.21. The zero-order valence-electron chi connectivity index (χ0n) is 17.5. The summed E-state index contributed by atoms with van der Waals surface area (Å²) < 4.78 is 43.5. The molecule has 0 aliphatic carbocycles. The van der Waals surface area contributed by atoms with Crippen molar-refractivity contribution in [2.24, 2.45) is 0 Å². The molecule has 1 fully saturated rings. The topological polar surface area (TPSA) is 94.2 Å². The van der Waals surface area contributed by atoms with Gasteiger partial charge in [-0.3, -0.25) is 4.79 Å². The standard InChI is InChI=1S/C21H26N2O6S/c1-14-7-9-18(27-2)16(12-14)22-21(24)17-6-5-11-23(17)30(25,26)15-8-10-19(28-3)20(13-15)29-4/h7-10,12-13,17H,5-6,11H2,1-4H3,(H,22,24). The molecule has 1 aliphatic rings. The van der Waals surface area contributed by atoms with Gasteiger partial charge in [0.15, 0.2) is 11.5 Å². The maximum absolute atomic E-state index is 13.3. The van der Waals surface area contributed by atoms with Gasteiger partial charge < -0.3 is 19.5 Å². The maximum atomic E-state index is 13.3. The molecule has 0 saturated carbocycles. The van der Waals surface area contributed by atoms with E-state index in [-0.39, 0.29) is 17.3 Å². The lowest BCUT2D eigenvalue weighted by Crippen LogP contribution is -2.43. The van der Waals surface area contributed by atoms with Gasteiger partial charge in [0.05, 0.1) is 31.9 Å². The fraction of sp³-hybridized carbons (Fsp3) is 0.381. The van der Waals surface area contributed by atoms with Crippen LogP contribution in [0.25, 0.3) is 0 Å². The van der Waals surface area contributed by atoms with Crippen LogP contribution in [-0.4, -0.2) is 52.5 Å². The van der Waals surface area contributed by atoms with Crippen molar-refractivity contribution in [3.05, 3.63) is 42.0 Å². The lowest BCUT2D eigenvalue weighted by Gasteiger charge is -2.24. The molecule has 0 spiro atoms. The van der Waals surface area contributed by atoms with Gasteiger partial charge in [0.1, 0.15) is 11.8 Å². The minimum atomic E-state index is -3.90. The number of rotatable bonds is 7. The SMILES string of the molecule is COc1ccc(C)cc1NC(=O)C1CCCN1S(=O)(=O)c1ccc(OC)c(OC)c1. The minimum absolute atomic E-state index is 0.0491. The van der Waals surface area contributed by atoms with Crippen LogP contribution in [0.3, 0.4) is 0 Å². The third-order valence-corrected chi connectivity index (χ3v) is 6.98. The van der Waals surface area contributed by atoms with Gasteiger partial charge in [-0.05, 0) is 49.6 Å². The van der Waals surface area contributed by atoms with E-state index in [1.807, 2.05) is 13.0 Å². The molecule has 1 unspecified atom stereocenters. The molecule has 0 bridgehead atoms. The highest BCUT2D eigenvalue weighted by atomic mass is 32.2. The average molecular weight is 435 g/mol. The van der Waals surface area contributed by atoms with Gasteiger partial charge in [0.25, 0.3) is 0 Å². The Morgan fingerprint density at radius 2 is 1.67 bits per heavy atom. The summed E-state index contributed by atoms with van der Waals surface area (Å²) in [7, 11) is 0.535. The first-order valence-corrected chi connectivity index (χ1v) is 10.9. The highest BCUT2D eigenvalue weighted by molar-refractivity contribution is 7.89. The Morgan fingerprint density at radius 3 is 2.33 bits per heavy atom. The molecule has 1 N–H and O–H groups in total. The number of aryl methyl sites for hydroxylation is 1. The molecule has 8 nitrogen and oxygen atoms in total. The molecular formula is C21H26N2O6S. The Kier molecular flexibility index (Phi) is 6.52. The number of carbonyl (C=O) groups is 1. The molecule has 2 aromatic carbocycles. The van der Waals surface area contributed by atoms with E-state index in [0.717, 1.165) is 5.56 Å². The van der Waals surface area contributed by atoms with Crippen LogP contribution in [0.15, 0.2) is 41.3 Å². The van der Waals surface area contributed by atoms with Crippen molar-refractivity contribution in [1.29, 1.82) is 0 Å². The van der Waals surface area contributed by atoms with Crippen molar-refractivity contribution in [3.63, 3.8) is 0 Å². The van der Waals surface area contributed by atoms with Gasteiger partial charge in [0.2, 0.25) is 15.9 Å². The van der Waals surface area contributed by atoms with E-state index in [1.165, 1.54) is 43.8 Å². The van der Waals surface area contributed by atoms with E-state index in [0.29, 0.717) is 35.8 Å². The normalized spacial score (nSPS) is 16.9. The number of hydrogen-bond acceptors (Lipinski definition) is 6. The van der Waals surface area contributed by atoms with Crippen molar-refractivity contribution in [2.75, 3.05) is 33.2 Å². The Hall–Kier alpha value is -2.78. The number of benzene rings is 2. The van der Waals surface area contributed by atoms with Crippen LogP contribution in [0.1, 0.15) is 18.4 Å². The quantitative estimate of drug-likeness (QED) is 0.720. The number of ether oxygens (including phenoxy) is 3. The number of methoxy groups -OCH3 is 3. The van der Waals surface area contributed by atoms with Crippen LogP contribution < -0.4 is 19.5 Å². The van der Waals surface area contributed by atoms with Crippen LogP contribution in [-0.2, 0) is 14.8 Å². The van der Waals surface area contributed by atoms with E-state index in [9.17, 15) is 13.2 Å². The molecule has 1 aliphatic heterocycles. The van der Waals surface area contributed by atoms with Gasteiger partial charge in [-0.1, -0.05) is 6.07 Å². The number of nitrogens with zero attached hydrogens (tertiary/aromatic N) is 1.